The van der Waals surface area contributed by atoms with Crippen molar-refractivity contribution in [2.45, 2.75) is 71.6 Å². The second-order valence-electron chi connectivity index (χ2n) is 8.08. The molecule has 0 saturated heterocycles. The van der Waals surface area contributed by atoms with Crippen LogP contribution < -0.4 is 4.74 Å². The minimum atomic E-state index is 0.705. The number of hydrogen-bond acceptors (Lipinski definition) is 1. The molecule has 0 bridgehead atoms. The van der Waals surface area contributed by atoms with E-state index in [4.69, 9.17) is 4.74 Å². The number of unbranched alkanes of at least 4 members (excludes halogenated alkanes) is 7. The van der Waals surface area contributed by atoms with E-state index in [2.05, 4.69) is 67.6 Å². The standard InChI is InChI=1S/C28H36O/c1-3-5-6-7-8-9-10-11-12-23-13-14-27-22-26(16-15-25(27)21-23)24-17-19-28(20-18-24)29-4-2/h13-22H,3-12H2,1-2H3. The van der Waals surface area contributed by atoms with E-state index in [-0.39, 0.29) is 0 Å². The zero-order valence-electron chi connectivity index (χ0n) is 18.3. The van der Waals surface area contributed by atoms with E-state index in [1.54, 1.807) is 0 Å². The summed E-state index contributed by atoms with van der Waals surface area (Å²) in [7, 11) is 0. The van der Waals surface area contributed by atoms with Gasteiger partial charge in [0.2, 0.25) is 0 Å². The Kier molecular flexibility index (Phi) is 8.61. The molecule has 154 valence electrons. The fourth-order valence-corrected chi connectivity index (χ4v) is 4.00. The summed E-state index contributed by atoms with van der Waals surface area (Å²) in [5.74, 6) is 0.933. The maximum Gasteiger partial charge on any atom is 0.119 e. The third kappa shape index (κ3) is 6.63. The predicted octanol–water partition coefficient (Wildman–Crippen LogP) is 8.59. The summed E-state index contributed by atoms with van der Waals surface area (Å²) in [6, 6.07) is 22.1. The monoisotopic (exact) mass is 388 g/mol. The van der Waals surface area contributed by atoms with Gasteiger partial charge in [-0.15, -0.1) is 0 Å². The Hall–Kier alpha value is -2.28. The van der Waals surface area contributed by atoms with E-state index in [1.807, 2.05) is 6.92 Å². The number of ether oxygens (including phenoxy) is 1. The molecular weight excluding hydrogens is 352 g/mol. The molecule has 0 saturated carbocycles. The van der Waals surface area contributed by atoms with Crippen LogP contribution in [0.2, 0.25) is 0 Å². The van der Waals surface area contributed by atoms with Crippen LogP contribution in [0.25, 0.3) is 21.9 Å². The van der Waals surface area contributed by atoms with Crippen molar-refractivity contribution in [1.29, 1.82) is 0 Å². The first-order valence-corrected chi connectivity index (χ1v) is 11.6. The summed E-state index contributed by atoms with van der Waals surface area (Å²) in [4.78, 5) is 0. The maximum atomic E-state index is 5.55. The van der Waals surface area contributed by atoms with Gasteiger partial charge < -0.3 is 4.74 Å². The molecule has 0 aliphatic rings. The van der Waals surface area contributed by atoms with Gasteiger partial charge in [0.1, 0.15) is 5.75 Å². The van der Waals surface area contributed by atoms with Gasteiger partial charge in [0.25, 0.3) is 0 Å². The van der Waals surface area contributed by atoms with Crippen LogP contribution in [0, 0.1) is 0 Å². The van der Waals surface area contributed by atoms with Crippen molar-refractivity contribution in [2.24, 2.45) is 0 Å². The van der Waals surface area contributed by atoms with Gasteiger partial charge in [-0.25, -0.2) is 0 Å². The third-order valence-corrected chi connectivity index (χ3v) is 5.72. The molecule has 1 nitrogen and oxygen atoms in total. The first-order chi connectivity index (χ1) is 14.3. The number of benzene rings is 3. The van der Waals surface area contributed by atoms with Crippen molar-refractivity contribution in [3.8, 4) is 16.9 Å². The predicted molar refractivity (Wildman–Crippen MR) is 127 cm³/mol. The highest BCUT2D eigenvalue weighted by Gasteiger charge is 2.03. The van der Waals surface area contributed by atoms with E-state index >= 15 is 0 Å². The molecule has 0 heterocycles. The second-order valence-corrected chi connectivity index (χ2v) is 8.08. The Labute approximate surface area is 177 Å². The number of hydrogen-bond donors (Lipinski definition) is 0. The van der Waals surface area contributed by atoms with Gasteiger partial charge in [-0.2, -0.15) is 0 Å². The van der Waals surface area contributed by atoms with Crippen LogP contribution in [0.15, 0.2) is 60.7 Å². The van der Waals surface area contributed by atoms with E-state index < -0.39 is 0 Å². The summed E-state index contributed by atoms with van der Waals surface area (Å²) in [5.41, 5.74) is 3.96. The molecule has 0 atom stereocenters. The molecule has 3 aromatic carbocycles. The maximum absolute atomic E-state index is 5.55. The second kappa shape index (κ2) is 11.7. The smallest absolute Gasteiger partial charge is 0.119 e. The van der Waals surface area contributed by atoms with Gasteiger partial charge in [-0.3, -0.25) is 0 Å². The Morgan fingerprint density at radius 2 is 1.21 bits per heavy atom. The van der Waals surface area contributed by atoms with Crippen LogP contribution >= 0.6 is 0 Å². The summed E-state index contributed by atoms with van der Waals surface area (Å²) < 4.78 is 5.55. The topological polar surface area (TPSA) is 9.23 Å². The van der Waals surface area contributed by atoms with E-state index in [0.717, 1.165) is 5.75 Å². The lowest BCUT2D eigenvalue weighted by molar-refractivity contribution is 0.340. The first-order valence-electron chi connectivity index (χ1n) is 11.6. The molecule has 29 heavy (non-hydrogen) atoms. The minimum absolute atomic E-state index is 0.705. The highest BCUT2D eigenvalue weighted by atomic mass is 16.5. The molecule has 0 spiro atoms. The molecule has 3 aromatic rings. The minimum Gasteiger partial charge on any atom is -0.494 e. The van der Waals surface area contributed by atoms with Crippen LogP contribution in [-0.4, -0.2) is 6.61 Å². The highest BCUT2D eigenvalue weighted by molar-refractivity contribution is 5.87. The Morgan fingerprint density at radius 1 is 0.586 bits per heavy atom. The Bertz CT molecular complexity index is 863. The number of rotatable bonds is 12. The SMILES string of the molecule is CCCCCCCCCCc1ccc2cc(-c3ccc(OCC)cc3)ccc2c1. The fraction of sp³-hybridized carbons (Fsp3) is 0.429. The van der Waals surface area contributed by atoms with Crippen LogP contribution in [-0.2, 0) is 6.42 Å². The molecule has 0 radical (unpaired) electrons. The lowest BCUT2D eigenvalue weighted by atomic mass is 9.98. The highest BCUT2D eigenvalue weighted by Crippen LogP contribution is 2.27. The summed E-state index contributed by atoms with van der Waals surface area (Å²) in [6.07, 6.45) is 12.2. The fourth-order valence-electron chi connectivity index (χ4n) is 4.00. The zero-order chi connectivity index (χ0) is 20.3. The van der Waals surface area contributed by atoms with E-state index in [9.17, 15) is 0 Å². The molecule has 0 unspecified atom stereocenters. The number of fused-ring (bicyclic) bond motifs is 1. The van der Waals surface area contributed by atoms with Crippen molar-refractivity contribution in [3.63, 3.8) is 0 Å². The van der Waals surface area contributed by atoms with Crippen molar-refractivity contribution >= 4 is 10.8 Å². The largest absolute Gasteiger partial charge is 0.494 e. The van der Waals surface area contributed by atoms with Crippen molar-refractivity contribution in [2.75, 3.05) is 6.61 Å². The quantitative estimate of drug-likeness (QED) is 0.282. The average molecular weight is 389 g/mol. The first kappa shape index (κ1) is 21.4. The summed E-state index contributed by atoms with van der Waals surface area (Å²) in [5, 5.41) is 2.66. The van der Waals surface area contributed by atoms with Crippen molar-refractivity contribution in [1.82, 2.24) is 0 Å². The molecule has 0 aliphatic carbocycles. The molecule has 0 fully saturated rings. The molecule has 0 aliphatic heterocycles. The van der Waals surface area contributed by atoms with Gasteiger partial charge in [0.15, 0.2) is 0 Å². The molecule has 3 rings (SSSR count). The van der Waals surface area contributed by atoms with Crippen molar-refractivity contribution < 1.29 is 4.74 Å². The van der Waals surface area contributed by atoms with Crippen LogP contribution in [0.4, 0.5) is 0 Å². The average Bonchev–Trinajstić information content (AvgIpc) is 2.76. The Balaban J connectivity index is 1.54. The number of aryl methyl sites for hydroxylation is 1. The van der Waals surface area contributed by atoms with Gasteiger partial charge >= 0.3 is 0 Å². The van der Waals surface area contributed by atoms with Gasteiger partial charge in [0, 0.05) is 0 Å². The van der Waals surface area contributed by atoms with Gasteiger partial charge in [-0.05, 0) is 65.4 Å². The molecule has 1 heteroatoms. The normalized spacial score (nSPS) is 11.1. The lowest BCUT2D eigenvalue weighted by Gasteiger charge is -2.08. The summed E-state index contributed by atoms with van der Waals surface area (Å²) in [6.45, 7) is 5.00. The molecule has 0 N–H and O–H groups in total. The molecule has 0 amide bonds. The van der Waals surface area contributed by atoms with Crippen LogP contribution in [0.3, 0.4) is 0 Å². The van der Waals surface area contributed by atoms with Gasteiger partial charge in [0.05, 0.1) is 6.61 Å². The molecular formula is C28H36O. The zero-order valence-corrected chi connectivity index (χ0v) is 18.3. The third-order valence-electron chi connectivity index (χ3n) is 5.72. The van der Waals surface area contributed by atoms with E-state index in [0.29, 0.717) is 6.61 Å². The van der Waals surface area contributed by atoms with Gasteiger partial charge in [-0.1, -0.05) is 94.3 Å². The molecule has 0 aromatic heterocycles. The van der Waals surface area contributed by atoms with Crippen LogP contribution in [0.1, 0.15) is 70.8 Å². The Morgan fingerprint density at radius 3 is 1.93 bits per heavy atom. The van der Waals surface area contributed by atoms with Crippen LogP contribution in [0.5, 0.6) is 5.75 Å². The summed E-state index contributed by atoms with van der Waals surface area (Å²) >= 11 is 0. The van der Waals surface area contributed by atoms with Crippen molar-refractivity contribution in [3.05, 3.63) is 66.2 Å². The van der Waals surface area contributed by atoms with E-state index in [1.165, 1.54) is 85.3 Å². The lowest BCUT2D eigenvalue weighted by Crippen LogP contribution is -1.90.